The van der Waals surface area contributed by atoms with Gasteiger partial charge in [-0.3, -0.25) is 0 Å². The van der Waals surface area contributed by atoms with Gasteiger partial charge in [-0.25, -0.2) is 0 Å². The second kappa shape index (κ2) is 6.47. The van der Waals surface area contributed by atoms with Crippen LogP contribution in [0.1, 0.15) is 38.7 Å². The van der Waals surface area contributed by atoms with Crippen molar-refractivity contribution in [2.45, 2.75) is 39.5 Å². The summed E-state index contributed by atoms with van der Waals surface area (Å²) >= 11 is 12.5. The highest BCUT2D eigenvalue weighted by Crippen LogP contribution is 2.48. The molecule has 0 spiro atoms. The Balaban J connectivity index is 2.09. The Morgan fingerprint density at radius 2 is 2.05 bits per heavy atom. The van der Waals surface area contributed by atoms with Crippen molar-refractivity contribution in [3.63, 3.8) is 0 Å². The molecule has 0 bridgehead atoms. The molecule has 0 radical (unpaired) electrons. The average Bonchev–Trinajstić information content (AvgIpc) is 3.20. The van der Waals surface area contributed by atoms with E-state index in [9.17, 15) is 0 Å². The molecular formula is C16H23Cl2N. The zero-order valence-corrected chi connectivity index (χ0v) is 13.3. The van der Waals surface area contributed by atoms with Crippen molar-refractivity contribution in [3.8, 4) is 0 Å². The predicted octanol–water partition coefficient (Wildman–Crippen LogP) is 4.95. The van der Waals surface area contributed by atoms with Crippen LogP contribution < -0.4 is 5.32 Å². The van der Waals surface area contributed by atoms with Crippen molar-refractivity contribution in [2.75, 3.05) is 13.1 Å². The van der Waals surface area contributed by atoms with Crippen molar-refractivity contribution < 1.29 is 0 Å². The summed E-state index contributed by atoms with van der Waals surface area (Å²) in [5.74, 6) is 0.826. The molecule has 0 amide bonds. The summed E-state index contributed by atoms with van der Waals surface area (Å²) in [7, 11) is 0. The third-order valence-corrected chi connectivity index (χ3v) is 5.00. The van der Waals surface area contributed by atoms with Crippen molar-refractivity contribution in [3.05, 3.63) is 33.8 Å². The first-order valence-corrected chi connectivity index (χ1v) is 7.96. The molecule has 0 aromatic heterocycles. The maximum atomic E-state index is 6.33. The molecule has 1 aromatic carbocycles. The third-order valence-electron chi connectivity index (χ3n) is 4.14. The molecule has 1 N–H and O–H groups in total. The first-order chi connectivity index (χ1) is 9.07. The molecule has 1 nitrogen and oxygen atoms in total. The predicted molar refractivity (Wildman–Crippen MR) is 84.2 cm³/mol. The zero-order valence-electron chi connectivity index (χ0n) is 11.8. The van der Waals surface area contributed by atoms with Crippen LogP contribution >= 0.6 is 23.2 Å². The largest absolute Gasteiger partial charge is 0.316 e. The molecule has 0 aliphatic heterocycles. The van der Waals surface area contributed by atoms with E-state index < -0.39 is 0 Å². The first-order valence-electron chi connectivity index (χ1n) is 7.20. The molecule has 3 heteroatoms. The molecule has 1 aliphatic rings. The normalized spacial score (nSPS) is 18.3. The van der Waals surface area contributed by atoms with Crippen molar-refractivity contribution >= 4 is 23.2 Å². The fourth-order valence-electron chi connectivity index (χ4n) is 2.80. The van der Waals surface area contributed by atoms with Gasteiger partial charge in [-0.05, 0) is 55.2 Å². The van der Waals surface area contributed by atoms with Gasteiger partial charge < -0.3 is 5.32 Å². The molecule has 19 heavy (non-hydrogen) atoms. The summed E-state index contributed by atoms with van der Waals surface area (Å²) in [6.07, 6.45) is 4.89. The summed E-state index contributed by atoms with van der Waals surface area (Å²) in [5, 5.41) is 4.97. The van der Waals surface area contributed by atoms with E-state index in [1.54, 1.807) is 0 Å². The zero-order chi connectivity index (χ0) is 13.9. The lowest BCUT2D eigenvalue weighted by Gasteiger charge is -2.31. The lowest BCUT2D eigenvalue weighted by Crippen LogP contribution is -2.36. The lowest BCUT2D eigenvalue weighted by atomic mass is 9.79. The highest BCUT2D eigenvalue weighted by Gasteiger charge is 2.41. The van der Waals surface area contributed by atoms with Crippen molar-refractivity contribution in [1.29, 1.82) is 0 Å². The Hall–Kier alpha value is -0.240. The van der Waals surface area contributed by atoms with Gasteiger partial charge in [0.1, 0.15) is 0 Å². The molecule has 0 heterocycles. The van der Waals surface area contributed by atoms with Gasteiger partial charge in [0, 0.05) is 6.54 Å². The number of nitrogens with one attached hydrogen (secondary N) is 1. The Morgan fingerprint density at radius 3 is 2.68 bits per heavy atom. The Labute approximate surface area is 126 Å². The van der Waals surface area contributed by atoms with Crippen LogP contribution in [0.15, 0.2) is 18.2 Å². The van der Waals surface area contributed by atoms with Crippen LogP contribution in [0.5, 0.6) is 0 Å². The van der Waals surface area contributed by atoms with Gasteiger partial charge in [-0.2, -0.15) is 0 Å². The second-order valence-electron chi connectivity index (χ2n) is 5.99. The number of halogens is 2. The standard InChI is InChI=1S/C16H23Cl2N/c1-3-9-19-11-16(2,13-7-8-13)10-12-5-4-6-14(17)15(12)18/h4-6,13,19H,3,7-11H2,1-2H3. The van der Waals surface area contributed by atoms with Crippen LogP contribution in [-0.2, 0) is 6.42 Å². The van der Waals surface area contributed by atoms with Gasteiger partial charge in [0.25, 0.3) is 0 Å². The molecular weight excluding hydrogens is 277 g/mol. The highest BCUT2D eigenvalue weighted by molar-refractivity contribution is 6.42. The maximum absolute atomic E-state index is 6.33. The van der Waals surface area contributed by atoms with Crippen molar-refractivity contribution in [1.82, 2.24) is 5.32 Å². The minimum Gasteiger partial charge on any atom is -0.316 e. The number of hydrogen-bond acceptors (Lipinski definition) is 1. The van der Waals surface area contributed by atoms with Crippen LogP contribution in [0.3, 0.4) is 0 Å². The summed E-state index contributed by atoms with van der Waals surface area (Å²) in [4.78, 5) is 0. The van der Waals surface area contributed by atoms with Gasteiger partial charge in [-0.1, -0.05) is 49.2 Å². The molecule has 1 atom stereocenters. The molecule has 106 valence electrons. The second-order valence-corrected chi connectivity index (χ2v) is 6.78. The minimum absolute atomic E-state index is 0.295. The van der Waals surface area contributed by atoms with Gasteiger partial charge in [0.15, 0.2) is 0 Å². The summed E-state index contributed by atoms with van der Waals surface area (Å²) in [5.41, 5.74) is 1.48. The molecule has 1 saturated carbocycles. The highest BCUT2D eigenvalue weighted by atomic mass is 35.5. The van der Waals surface area contributed by atoms with Gasteiger partial charge in [0.2, 0.25) is 0 Å². The van der Waals surface area contributed by atoms with E-state index >= 15 is 0 Å². The Morgan fingerprint density at radius 1 is 1.32 bits per heavy atom. The fourth-order valence-corrected chi connectivity index (χ4v) is 3.19. The Bertz CT molecular complexity index is 429. The first kappa shape index (κ1) is 15.2. The van der Waals surface area contributed by atoms with Crippen LogP contribution in [0.25, 0.3) is 0 Å². The van der Waals surface area contributed by atoms with Crippen LogP contribution in [0.2, 0.25) is 10.0 Å². The molecule has 1 unspecified atom stereocenters. The summed E-state index contributed by atoms with van der Waals surface area (Å²) in [6, 6.07) is 5.96. The molecule has 0 saturated heterocycles. The van der Waals surface area contributed by atoms with E-state index in [0.717, 1.165) is 30.5 Å². The lowest BCUT2D eigenvalue weighted by molar-refractivity contribution is 0.256. The molecule has 1 aliphatic carbocycles. The third kappa shape index (κ3) is 3.87. The number of benzene rings is 1. The average molecular weight is 300 g/mol. The summed E-state index contributed by atoms with van der Waals surface area (Å²) in [6.45, 7) is 6.74. The number of hydrogen-bond donors (Lipinski definition) is 1. The van der Waals surface area contributed by atoms with Crippen LogP contribution in [0, 0.1) is 11.3 Å². The maximum Gasteiger partial charge on any atom is 0.0624 e. The SMILES string of the molecule is CCCNCC(C)(Cc1cccc(Cl)c1Cl)C1CC1. The monoisotopic (exact) mass is 299 g/mol. The molecule has 1 aromatic rings. The van der Waals surface area contributed by atoms with E-state index in [0.29, 0.717) is 10.4 Å². The van der Waals surface area contributed by atoms with E-state index in [1.807, 2.05) is 12.1 Å². The van der Waals surface area contributed by atoms with E-state index in [4.69, 9.17) is 23.2 Å². The van der Waals surface area contributed by atoms with E-state index in [2.05, 4.69) is 25.2 Å². The van der Waals surface area contributed by atoms with E-state index in [-0.39, 0.29) is 0 Å². The van der Waals surface area contributed by atoms with Crippen LogP contribution in [-0.4, -0.2) is 13.1 Å². The Kier molecular flexibility index (Phi) is 5.16. The van der Waals surface area contributed by atoms with Gasteiger partial charge in [0.05, 0.1) is 10.0 Å². The van der Waals surface area contributed by atoms with E-state index in [1.165, 1.54) is 24.8 Å². The smallest absolute Gasteiger partial charge is 0.0624 e. The van der Waals surface area contributed by atoms with Crippen LogP contribution in [0.4, 0.5) is 0 Å². The topological polar surface area (TPSA) is 12.0 Å². The van der Waals surface area contributed by atoms with Gasteiger partial charge in [-0.15, -0.1) is 0 Å². The molecule has 1 fully saturated rings. The number of rotatable bonds is 7. The summed E-state index contributed by atoms with van der Waals surface area (Å²) < 4.78 is 0. The minimum atomic E-state index is 0.295. The quantitative estimate of drug-likeness (QED) is 0.702. The van der Waals surface area contributed by atoms with Crippen molar-refractivity contribution in [2.24, 2.45) is 11.3 Å². The molecule has 2 rings (SSSR count). The fraction of sp³-hybridized carbons (Fsp3) is 0.625. The van der Waals surface area contributed by atoms with Gasteiger partial charge >= 0.3 is 0 Å².